The molecule has 0 saturated carbocycles. The largest absolute Gasteiger partial charge is 0.345 e. The van der Waals surface area contributed by atoms with Crippen LogP contribution in [0, 0.1) is 6.92 Å². The number of hydrogen-bond acceptors (Lipinski definition) is 7. The predicted molar refractivity (Wildman–Crippen MR) is 127 cm³/mol. The molecule has 0 fully saturated rings. The van der Waals surface area contributed by atoms with E-state index in [0.29, 0.717) is 35.9 Å². The summed E-state index contributed by atoms with van der Waals surface area (Å²) in [5.41, 5.74) is 2.84. The van der Waals surface area contributed by atoms with Crippen molar-refractivity contribution in [2.24, 2.45) is 0 Å². The van der Waals surface area contributed by atoms with Crippen molar-refractivity contribution in [3.63, 3.8) is 0 Å². The van der Waals surface area contributed by atoms with E-state index in [1.54, 1.807) is 37.5 Å². The van der Waals surface area contributed by atoms with Crippen LogP contribution in [0.3, 0.4) is 0 Å². The van der Waals surface area contributed by atoms with Crippen LogP contribution in [0.4, 0.5) is 5.69 Å². The van der Waals surface area contributed by atoms with Crippen molar-refractivity contribution in [2.45, 2.75) is 52.1 Å². The minimum Gasteiger partial charge on any atom is -0.345 e. The molecule has 2 N–H and O–H groups in total. The first-order chi connectivity index (χ1) is 16.6. The highest BCUT2D eigenvalue weighted by molar-refractivity contribution is 6.06. The minimum absolute atomic E-state index is 0.0645. The molecule has 3 heterocycles. The summed E-state index contributed by atoms with van der Waals surface area (Å²) in [5.74, 6) is 0.579. The maximum absolute atomic E-state index is 13.4. The number of benzene rings is 1. The van der Waals surface area contributed by atoms with E-state index in [1.165, 1.54) is 0 Å². The Morgan fingerprint density at radius 1 is 1.06 bits per heavy atom. The van der Waals surface area contributed by atoms with Gasteiger partial charge in [0.15, 0.2) is 5.82 Å². The van der Waals surface area contributed by atoms with Gasteiger partial charge in [-0.1, -0.05) is 24.4 Å². The zero-order chi connectivity index (χ0) is 23.8. The van der Waals surface area contributed by atoms with Crippen molar-refractivity contribution in [2.75, 3.05) is 18.0 Å². The van der Waals surface area contributed by atoms with E-state index in [1.807, 2.05) is 17.0 Å². The molecule has 1 aromatic carbocycles. The molecular formula is C25H30N6O3. The Kier molecular flexibility index (Phi) is 7.98. The number of fused-ring (bicyclic) bond motifs is 1. The molecule has 1 aliphatic heterocycles. The van der Waals surface area contributed by atoms with Crippen LogP contribution in [0.2, 0.25) is 0 Å². The van der Waals surface area contributed by atoms with Crippen molar-refractivity contribution in [1.29, 1.82) is 0 Å². The molecule has 2 amide bonds. The number of anilines is 1. The number of amides is 2. The summed E-state index contributed by atoms with van der Waals surface area (Å²) in [5, 5.41) is 10.1. The number of pyridine rings is 1. The maximum atomic E-state index is 13.4. The minimum atomic E-state index is -0.233. The van der Waals surface area contributed by atoms with Gasteiger partial charge in [-0.3, -0.25) is 14.6 Å². The quantitative estimate of drug-likeness (QED) is 0.611. The van der Waals surface area contributed by atoms with Gasteiger partial charge in [0.25, 0.3) is 11.8 Å². The topological polar surface area (TPSA) is 113 Å². The fourth-order valence-corrected chi connectivity index (χ4v) is 4.06. The van der Waals surface area contributed by atoms with Crippen LogP contribution in [0.1, 0.15) is 70.1 Å². The maximum Gasteiger partial charge on any atom is 0.258 e. The molecule has 1 aliphatic rings. The summed E-state index contributed by atoms with van der Waals surface area (Å²) in [6.07, 6.45) is 8.69. The lowest BCUT2D eigenvalue weighted by Crippen LogP contribution is -2.34. The number of aryl methyl sites for hydroxylation is 1. The number of aromatic nitrogens is 3. The summed E-state index contributed by atoms with van der Waals surface area (Å²) >= 11 is 0. The molecule has 3 aromatic rings. The third kappa shape index (κ3) is 6.05. The normalized spacial score (nSPS) is 15.0. The van der Waals surface area contributed by atoms with Crippen LogP contribution in [0.15, 0.2) is 47.2 Å². The highest BCUT2D eigenvalue weighted by atomic mass is 16.5. The lowest BCUT2D eigenvalue weighted by atomic mass is 10.0. The average Bonchev–Trinajstić information content (AvgIpc) is 3.28. The Morgan fingerprint density at radius 2 is 1.85 bits per heavy atom. The Labute approximate surface area is 199 Å². The predicted octanol–water partition coefficient (Wildman–Crippen LogP) is 3.40. The molecule has 0 saturated heterocycles. The molecule has 0 unspecified atom stereocenters. The van der Waals surface area contributed by atoms with E-state index in [9.17, 15) is 9.59 Å². The van der Waals surface area contributed by atoms with Gasteiger partial charge in [-0.15, -0.1) is 0 Å². The number of rotatable bonds is 4. The van der Waals surface area contributed by atoms with Gasteiger partial charge < -0.3 is 20.1 Å². The Hall–Kier alpha value is -3.59. The molecule has 0 bridgehead atoms. The van der Waals surface area contributed by atoms with Gasteiger partial charge in [-0.05, 0) is 55.3 Å². The molecule has 34 heavy (non-hydrogen) atoms. The first-order valence-electron chi connectivity index (χ1n) is 11.7. The second-order valence-electron chi connectivity index (χ2n) is 8.39. The van der Waals surface area contributed by atoms with Crippen LogP contribution in [0.25, 0.3) is 0 Å². The molecule has 9 heteroatoms. The summed E-state index contributed by atoms with van der Waals surface area (Å²) < 4.78 is 4.95. The van der Waals surface area contributed by atoms with Crippen molar-refractivity contribution >= 4 is 17.5 Å². The lowest BCUT2D eigenvalue weighted by molar-refractivity contribution is 0.0948. The van der Waals surface area contributed by atoms with Crippen LogP contribution in [-0.4, -0.2) is 40.0 Å². The fourth-order valence-electron chi connectivity index (χ4n) is 4.06. The second-order valence-corrected chi connectivity index (χ2v) is 8.39. The number of nitrogens with zero attached hydrogens (tertiary/aromatic N) is 4. The molecule has 2 aromatic heterocycles. The number of carbonyl (C=O) groups is 2. The number of hydrogen-bond donors (Lipinski definition) is 2. The molecule has 9 nitrogen and oxygen atoms in total. The standard InChI is InChI=1S/C25H30N6O3/c1-18-29-23(30-34-18)17-28-24(32)20-7-8-22-21(15-20)16-27-11-5-3-2-4-6-14-31(22)25(33)19-9-12-26-13-10-19/h7-10,12-13,15,27H,2-6,11,14,16-17H2,1H3,(H,28,32). The first-order valence-corrected chi connectivity index (χ1v) is 11.7. The highest BCUT2D eigenvalue weighted by Crippen LogP contribution is 2.26. The third-order valence-corrected chi connectivity index (χ3v) is 5.83. The molecular weight excluding hydrogens is 432 g/mol. The molecule has 178 valence electrons. The monoisotopic (exact) mass is 462 g/mol. The van der Waals surface area contributed by atoms with E-state index >= 15 is 0 Å². The van der Waals surface area contributed by atoms with Crippen molar-refractivity contribution in [1.82, 2.24) is 25.8 Å². The lowest BCUT2D eigenvalue weighted by Gasteiger charge is -2.27. The summed E-state index contributed by atoms with van der Waals surface area (Å²) in [7, 11) is 0. The van der Waals surface area contributed by atoms with E-state index < -0.39 is 0 Å². The Bertz CT molecular complexity index is 1110. The SMILES string of the molecule is Cc1nc(CNC(=O)c2ccc3c(c2)CNCCCCCCCN3C(=O)c2ccncc2)no1. The van der Waals surface area contributed by atoms with Gasteiger partial charge >= 0.3 is 0 Å². The van der Waals surface area contributed by atoms with Gasteiger partial charge in [-0.2, -0.15) is 4.98 Å². The highest BCUT2D eigenvalue weighted by Gasteiger charge is 2.22. The Morgan fingerprint density at radius 3 is 2.65 bits per heavy atom. The van der Waals surface area contributed by atoms with Crippen LogP contribution in [0.5, 0.6) is 0 Å². The molecule has 0 aliphatic carbocycles. The van der Waals surface area contributed by atoms with Crippen LogP contribution >= 0.6 is 0 Å². The van der Waals surface area contributed by atoms with E-state index in [0.717, 1.165) is 49.9 Å². The average molecular weight is 463 g/mol. The Balaban J connectivity index is 1.60. The van der Waals surface area contributed by atoms with Gasteiger partial charge in [0.05, 0.1) is 6.54 Å². The van der Waals surface area contributed by atoms with Gasteiger partial charge in [0, 0.05) is 49.2 Å². The number of nitrogens with one attached hydrogen (secondary N) is 2. The van der Waals surface area contributed by atoms with Crippen molar-refractivity contribution < 1.29 is 14.1 Å². The van der Waals surface area contributed by atoms with E-state index in [2.05, 4.69) is 25.8 Å². The third-order valence-electron chi connectivity index (χ3n) is 5.83. The van der Waals surface area contributed by atoms with Crippen LogP contribution in [-0.2, 0) is 13.1 Å². The van der Waals surface area contributed by atoms with Crippen molar-refractivity contribution in [3.8, 4) is 0 Å². The molecule has 4 rings (SSSR count). The second kappa shape index (κ2) is 11.5. The van der Waals surface area contributed by atoms with E-state index in [-0.39, 0.29) is 18.4 Å². The smallest absolute Gasteiger partial charge is 0.258 e. The zero-order valence-electron chi connectivity index (χ0n) is 19.4. The zero-order valence-corrected chi connectivity index (χ0v) is 19.4. The number of carbonyl (C=O) groups excluding carboxylic acids is 2. The molecule has 0 atom stereocenters. The fraction of sp³-hybridized carbons (Fsp3) is 0.400. The summed E-state index contributed by atoms with van der Waals surface area (Å²) in [6.45, 7) is 3.97. The summed E-state index contributed by atoms with van der Waals surface area (Å²) in [6, 6.07) is 8.96. The molecule has 0 radical (unpaired) electrons. The molecule has 0 spiro atoms. The van der Waals surface area contributed by atoms with Gasteiger partial charge in [-0.25, -0.2) is 0 Å². The summed E-state index contributed by atoms with van der Waals surface area (Å²) in [4.78, 5) is 36.2. The van der Waals surface area contributed by atoms with Crippen LogP contribution < -0.4 is 15.5 Å². The van der Waals surface area contributed by atoms with Gasteiger partial charge in [0.2, 0.25) is 5.89 Å². The van der Waals surface area contributed by atoms with Crippen molar-refractivity contribution in [3.05, 3.63) is 71.1 Å². The first kappa shape index (κ1) is 23.6. The van der Waals surface area contributed by atoms with Gasteiger partial charge in [0.1, 0.15) is 0 Å². The van der Waals surface area contributed by atoms with E-state index in [4.69, 9.17) is 4.52 Å².